The second kappa shape index (κ2) is 12.3. The largest absolute Gasteiger partial charge is 0.507 e. The molecule has 1 amide bonds. The number of halogens is 1. The van der Waals surface area contributed by atoms with Gasteiger partial charge in [-0.2, -0.15) is 0 Å². The Morgan fingerprint density at radius 3 is 1.66 bits per heavy atom. The Morgan fingerprint density at radius 1 is 0.773 bits per heavy atom. The Bertz CT molecular complexity index is 1830. The zero-order valence-electron chi connectivity index (χ0n) is 25.0. The maximum Gasteiger partial charge on any atom is 0.259 e. The molecule has 0 saturated carbocycles. The minimum atomic E-state index is -3.66. The van der Waals surface area contributed by atoms with Crippen molar-refractivity contribution in [3.05, 3.63) is 159 Å². The third-order valence-electron chi connectivity index (χ3n) is 8.06. The topological polar surface area (TPSA) is 83.5 Å². The van der Waals surface area contributed by atoms with Crippen LogP contribution in [0.15, 0.2) is 120 Å². The van der Waals surface area contributed by atoms with Crippen LogP contribution in [0.3, 0.4) is 0 Å². The van der Waals surface area contributed by atoms with Crippen molar-refractivity contribution in [3.63, 3.8) is 0 Å². The van der Waals surface area contributed by atoms with Crippen molar-refractivity contribution < 1.29 is 18.3 Å². The molecule has 0 spiro atoms. The Morgan fingerprint density at radius 2 is 1.25 bits per heavy atom. The molecule has 0 saturated heterocycles. The zero-order chi connectivity index (χ0) is 31.6. The number of phenols is 1. The lowest BCUT2D eigenvalue weighted by molar-refractivity contribution is 0.102. The van der Waals surface area contributed by atoms with Gasteiger partial charge in [0.15, 0.2) is 9.84 Å². The lowest BCUT2D eigenvalue weighted by Crippen LogP contribution is -2.31. The molecule has 7 heteroatoms. The molecule has 0 aliphatic rings. The number of carbonyl (C=O) groups is 1. The van der Waals surface area contributed by atoms with Crippen LogP contribution in [-0.4, -0.2) is 25.7 Å². The fraction of sp³-hybridized carbons (Fsp3) is 0.162. The molecule has 0 aliphatic heterocycles. The first-order chi connectivity index (χ1) is 21.0. The van der Waals surface area contributed by atoms with Crippen molar-refractivity contribution in [2.24, 2.45) is 0 Å². The maximum atomic E-state index is 13.7. The van der Waals surface area contributed by atoms with Crippen LogP contribution in [0, 0.1) is 6.92 Å². The first kappa shape index (κ1) is 31.0. The molecule has 0 aliphatic carbocycles. The SMILES string of the molecule is Cc1c(S(C)(=O)=O)cc(C(C)C)c(O)c1C(=O)Nc1ccc(C(c2ccccc2)(c2ccccc2)c2ccccc2)cc1Cl. The van der Waals surface area contributed by atoms with E-state index in [0.29, 0.717) is 16.3 Å². The number of phenolic OH excluding ortho intramolecular Hbond substituents is 1. The lowest BCUT2D eigenvalue weighted by atomic mass is 9.65. The van der Waals surface area contributed by atoms with Crippen LogP contribution in [0.25, 0.3) is 0 Å². The Labute approximate surface area is 264 Å². The number of aromatic hydroxyl groups is 1. The first-order valence-corrected chi connectivity index (χ1v) is 16.6. The van der Waals surface area contributed by atoms with E-state index in [0.717, 1.165) is 28.5 Å². The van der Waals surface area contributed by atoms with Gasteiger partial charge in [-0.25, -0.2) is 8.42 Å². The molecule has 5 aromatic carbocycles. The third kappa shape index (κ3) is 5.63. The number of hydrogen-bond acceptors (Lipinski definition) is 4. The fourth-order valence-corrected chi connectivity index (χ4v) is 7.19. The molecule has 224 valence electrons. The normalized spacial score (nSPS) is 11.9. The van der Waals surface area contributed by atoms with Crippen LogP contribution >= 0.6 is 11.6 Å². The molecule has 2 N–H and O–H groups in total. The van der Waals surface area contributed by atoms with E-state index in [2.05, 4.69) is 41.7 Å². The van der Waals surface area contributed by atoms with E-state index < -0.39 is 21.2 Å². The highest BCUT2D eigenvalue weighted by Crippen LogP contribution is 2.46. The number of nitrogens with one attached hydrogen (secondary N) is 1. The third-order valence-corrected chi connectivity index (χ3v) is 9.60. The molecular formula is C37H34ClNO4S. The number of rotatable bonds is 8. The van der Waals surface area contributed by atoms with Gasteiger partial charge in [0.2, 0.25) is 0 Å². The van der Waals surface area contributed by atoms with E-state index in [9.17, 15) is 18.3 Å². The van der Waals surface area contributed by atoms with Gasteiger partial charge >= 0.3 is 0 Å². The van der Waals surface area contributed by atoms with Gasteiger partial charge in [-0.1, -0.05) is 123 Å². The van der Waals surface area contributed by atoms with E-state index >= 15 is 0 Å². The Kier molecular flexibility index (Phi) is 8.69. The van der Waals surface area contributed by atoms with Crippen molar-refractivity contribution in [1.82, 2.24) is 0 Å². The number of sulfone groups is 1. The minimum absolute atomic E-state index is 0.00367. The monoisotopic (exact) mass is 623 g/mol. The van der Waals surface area contributed by atoms with Gasteiger partial charge in [0.1, 0.15) is 5.75 Å². The van der Waals surface area contributed by atoms with Crippen molar-refractivity contribution in [2.75, 3.05) is 11.6 Å². The number of anilines is 1. The van der Waals surface area contributed by atoms with E-state index in [4.69, 9.17) is 11.6 Å². The molecule has 5 nitrogen and oxygen atoms in total. The van der Waals surface area contributed by atoms with E-state index in [1.54, 1.807) is 6.07 Å². The van der Waals surface area contributed by atoms with Crippen LogP contribution in [-0.2, 0) is 15.3 Å². The zero-order valence-corrected chi connectivity index (χ0v) is 26.6. The number of carbonyl (C=O) groups excluding carboxylic acids is 1. The quantitative estimate of drug-likeness (QED) is 0.170. The average Bonchev–Trinajstić information content (AvgIpc) is 3.00. The van der Waals surface area contributed by atoms with Gasteiger partial charge < -0.3 is 10.4 Å². The molecule has 0 heterocycles. The van der Waals surface area contributed by atoms with Crippen LogP contribution < -0.4 is 5.32 Å². The first-order valence-electron chi connectivity index (χ1n) is 14.3. The van der Waals surface area contributed by atoms with Gasteiger partial charge in [0, 0.05) is 6.26 Å². The van der Waals surface area contributed by atoms with Crippen LogP contribution in [0.1, 0.15) is 63.5 Å². The summed E-state index contributed by atoms with van der Waals surface area (Å²) in [6.45, 7) is 5.17. The van der Waals surface area contributed by atoms with Crippen LogP contribution in [0.2, 0.25) is 5.02 Å². The summed E-state index contributed by atoms with van der Waals surface area (Å²) in [6, 6.07) is 37.6. The summed E-state index contributed by atoms with van der Waals surface area (Å²) >= 11 is 6.92. The van der Waals surface area contributed by atoms with E-state index in [1.165, 1.54) is 13.0 Å². The average molecular weight is 624 g/mol. The van der Waals surface area contributed by atoms with Gasteiger partial charge in [-0.05, 0) is 64.4 Å². The van der Waals surface area contributed by atoms with Gasteiger partial charge in [-0.3, -0.25) is 4.79 Å². The van der Waals surface area contributed by atoms with Crippen LogP contribution in [0.5, 0.6) is 5.75 Å². The summed E-state index contributed by atoms with van der Waals surface area (Å²) in [5.74, 6) is -1.11. The molecule has 0 aromatic heterocycles. The standard InChI is InChI=1S/C37H34ClNO4S/c1-24(2)30-23-33(44(4,42)43)25(3)34(35(30)40)36(41)39-32-21-20-29(22-31(32)38)37(26-14-8-5-9-15-26,27-16-10-6-11-17-27)28-18-12-7-13-19-28/h5-24,40H,1-4H3,(H,39,41). The van der Waals surface area contributed by atoms with E-state index in [1.807, 2.05) is 80.6 Å². The molecule has 0 atom stereocenters. The summed E-state index contributed by atoms with van der Waals surface area (Å²) < 4.78 is 25.1. The highest BCUT2D eigenvalue weighted by Gasteiger charge is 2.38. The number of benzene rings is 5. The van der Waals surface area contributed by atoms with E-state index in [-0.39, 0.29) is 27.7 Å². The van der Waals surface area contributed by atoms with Gasteiger partial charge in [0.25, 0.3) is 5.91 Å². The second-order valence-corrected chi connectivity index (χ2v) is 13.6. The van der Waals surface area contributed by atoms with Crippen molar-refractivity contribution >= 4 is 33.0 Å². The number of hydrogen-bond donors (Lipinski definition) is 2. The predicted octanol–water partition coefficient (Wildman–Crippen LogP) is 8.52. The van der Waals surface area contributed by atoms with Gasteiger partial charge in [-0.15, -0.1) is 0 Å². The lowest BCUT2D eigenvalue weighted by Gasteiger charge is -2.37. The Hall–Kier alpha value is -4.39. The molecule has 0 unspecified atom stereocenters. The molecule has 0 fully saturated rings. The fourth-order valence-electron chi connectivity index (χ4n) is 5.97. The summed E-state index contributed by atoms with van der Waals surface area (Å²) in [5.41, 5.74) is 4.10. The highest BCUT2D eigenvalue weighted by molar-refractivity contribution is 7.90. The summed E-state index contributed by atoms with van der Waals surface area (Å²) in [4.78, 5) is 13.7. The summed E-state index contributed by atoms with van der Waals surface area (Å²) in [5, 5.41) is 14.2. The van der Waals surface area contributed by atoms with Gasteiger partial charge in [0.05, 0.1) is 26.6 Å². The number of amides is 1. The molecule has 5 rings (SSSR count). The summed E-state index contributed by atoms with van der Waals surface area (Å²) in [6.07, 6.45) is 1.09. The Balaban J connectivity index is 1.66. The maximum absolute atomic E-state index is 13.7. The molecule has 0 radical (unpaired) electrons. The molecular weight excluding hydrogens is 590 g/mol. The van der Waals surface area contributed by atoms with Crippen molar-refractivity contribution in [3.8, 4) is 5.75 Å². The van der Waals surface area contributed by atoms with Crippen LogP contribution in [0.4, 0.5) is 5.69 Å². The smallest absolute Gasteiger partial charge is 0.259 e. The van der Waals surface area contributed by atoms with Crippen molar-refractivity contribution in [1.29, 1.82) is 0 Å². The molecule has 5 aromatic rings. The minimum Gasteiger partial charge on any atom is -0.507 e. The predicted molar refractivity (Wildman–Crippen MR) is 178 cm³/mol. The highest BCUT2D eigenvalue weighted by atomic mass is 35.5. The van der Waals surface area contributed by atoms with Crippen molar-refractivity contribution in [2.45, 2.75) is 37.0 Å². The summed E-state index contributed by atoms with van der Waals surface area (Å²) in [7, 11) is -3.66. The second-order valence-electron chi connectivity index (χ2n) is 11.2. The molecule has 44 heavy (non-hydrogen) atoms. The molecule has 0 bridgehead atoms.